The number of alkyl halides is 1. The lowest BCUT2D eigenvalue weighted by atomic mass is 9.96. The van der Waals surface area contributed by atoms with E-state index in [-0.39, 0.29) is 5.56 Å². The van der Waals surface area contributed by atoms with Gasteiger partial charge in [0, 0.05) is 15.4 Å². The summed E-state index contributed by atoms with van der Waals surface area (Å²) in [7, 11) is -4.58. The zero-order valence-corrected chi connectivity index (χ0v) is 14.8. The molecule has 0 aliphatic rings. The van der Waals surface area contributed by atoms with Gasteiger partial charge in [-0.25, -0.2) is 0 Å². The van der Waals surface area contributed by atoms with Crippen LogP contribution in [0.15, 0.2) is 10.5 Å². The molecule has 1 unspecified atom stereocenters. The Hall–Kier alpha value is 0.290. The minimum Gasteiger partial charge on any atom is -0.376 e. The van der Waals surface area contributed by atoms with Crippen LogP contribution >= 0.6 is 39.5 Å². The van der Waals surface area contributed by atoms with Crippen LogP contribution in [-0.4, -0.2) is 14.9 Å². The zero-order chi connectivity index (χ0) is 14.8. The first-order valence-corrected chi connectivity index (χ1v) is 9.49. The summed E-state index contributed by atoms with van der Waals surface area (Å²) in [5, 5.41) is 10.5. The normalized spacial score (nSPS) is 13.6. The summed E-state index contributed by atoms with van der Waals surface area (Å²) in [5.41, 5.74) is 3.32. The Bertz CT molecular complexity index is 513. The van der Waals surface area contributed by atoms with Crippen LogP contribution in [0.5, 0.6) is 0 Å². The van der Waals surface area contributed by atoms with Crippen LogP contribution in [0, 0.1) is 0 Å². The third-order valence-electron chi connectivity index (χ3n) is 3.06. The maximum absolute atomic E-state index is 11.3. The van der Waals surface area contributed by atoms with Gasteiger partial charge in [0.05, 0.1) is 0 Å². The van der Waals surface area contributed by atoms with Crippen LogP contribution in [0.1, 0.15) is 41.9 Å². The summed E-state index contributed by atoms with van der Waals surface area (Å²) in [6.07, 6.45) is 1.46. The number of hydrogen-bond acceptors (Lipinski definition) is 2. The lowest BCUT2D eigenvalue weighted by molar-refractivity contribution is 0.205. The van der Waals surface area contributed by atoms with Crippen molar-refractivity contribution in [3.05, 3.63) is 32.8 Å². The van der Waals surface area contributed by atoms with Crippen molar-refractivity contribution in [2.45, 2.75) is 37.9 Å². The zero-order valence-electron chi connectivity index (χ0n) is 10.7. The van der Waals surface area contributed by atoms with E-state index < -0.39 is 13.4 Å². The Labute approximate surface area is 129 Å². The summed E-state index contributed by atoms with van der Waals surface area (Å²) < 4.78 is 11.8. The van der Waals surface area contributed by atoms with Gasteiger partial charge in [-0.2, -0.15) is 0 Å². The van der Waals surface area contributed by atoms with E-state index >= 15 is 0 Å². The molecule has 0 bridgehead atoms. The smallest absolute Gasteiger partial charge is 0.358 e. The van der Waals surface area contributed by atoms with Crippen molar-refractivity contribution in [2.24, 2.45) is 0 Å². The van der Waals surface area contributed by atoms with Crippen molar-refractivity contribution in [1.82, 2.24) is 0 Å². The molecule has 0 spiro atoms. The molecular weight excluding hydrogens is 399 g/mol. The molecule has 0 saturated heterocycles. The summed E-state index contributed by atoms with van der Waals surface area (Å²) in [6.45, 7) is 3.95. The van der Waals surface area contributed by atoms with E-state index in [0.29, 0.717) is 9.80 Å². The second kappa shape index (κ2) is 6.83. The first kappa shape index (κ1) is 17.3. The molecule has 0 aliphatic heterocycles. The first-order chi connectivity index (χ1) is 8.77. The lowest BCUT2D eigenvalue weighted by Gasteiger charge is -2.21. The van der Waals surface area contributed by atoms with Crippen molar-refractivity contribution in [1.29, 1.82) is 0 Å². The van der Waals surface area contributed by atoms with Crippen LogP contribution < -0.4 is 0 Å². The quantitative estimate of drug-likeness (QED) is 0.506. The molecule has 0 radical (unpaired) electrons. The summed E-state index contributed by atoms with van der Waals surface area (Å²) in [4.78, 5) is 18.3. The number of hydrogen-bond donors (Lipinski definition) is 3. The van der Waals surface area contributed by atoms with Gasteiger partial charge in [0.1, 0.15) is 0 Å². The lowest BCUT2D eigenvalue weighted by Crippen LogP contribution is -2.06. The maximum atomic E-state index is 11.3. The molecule has 108 valence electrons. The van der Waals surface area contributed by atoms with Crippen LogP contribution in [0.25, 0.3) is 0 Å². The van der Waals surface area contributed by atoms with E-state index in [0.717, 1.165) is 29.5 Å². The maximum Gasteiger partial charge on any atom is 0.358 e. The van der Waals surface area contributed by atoms with Gasteiger partial charge < -0.3 is 14.9 Å². The number of aliphatic hydroxyl groups is 1. The minimum atomic E-state index is -4.58. The van der Waals surface area contributed by atoms with E-state index in [9.17, 15) is 9.67 Å². The molecule has 0 fully saturated rings. The van der Waals surface area contributed by atoms with Crippen molar-refractivity contribution >= 4 is 39.5 Å². The molecule has 1 aromatic rings. The van der Waals surface area contributed by atoms with Gasteiger partial charge >= 0.3 is 7.60 Å². The Morgan fingerprint density at radius 1 is 1.26 bits per heavy atom. The van der Waals surface area contributed by atoms with Crippen LogP contribution in [-0.2, 0) is 22.7 Å². The van der Waals surface area contributed by atoms with E-state index in [1.807, 2.05) is 13.8 Å². The number of aryl methyl sites for hydroxylation is 1. The highest BCUT2D eigenvalue weighted by Crippen LogP contribution is 2.52. The van der Waals surface area contributed by atoms with Crippen molar-refractivity contribution in [3.63, 3.8) is 0 Å². The molecule has 0 saturated carbocycles. The van der Waals surface area contributed by atoms with Gasteiger partial charge in [-0.15, -0.1) is 0 Å². The van der Waals surface area contributed by atoms with Crippen molar-refractivity contribution in [3.8, 4) is 0 Å². The van der Waals surface area contributed by atoms with Gasteiger partial charge in [-0.3, -0.25) is 4.57 Å². The summed E-state index contributed by atoms with van der Waals surface area (Å²) in [5.74, 6) is -1.79. The second-order valence-electron chi connectivity index (χ2n) is 4.20. The largest absolute Gasteiger partial charge is 0.376 e. The van der Waals surface area contributed by atoms with Crippen LogP contribution in [0.3, 0.4) is 0 Å². The standard InChI is InChI=1S/C12H17Br2O4P/c1-3-7-5-9(12(15)19(16,17)18)11(14)8(4-2)10(7)6-13/h5,12,15H,3-4,6H2,1-2H3,(H2,16,17,18). The Morgan fingerprint density at radius 2 is 1.84 bits per heavy atom. The van der Waals surface area contributed by atoms with Crippen LogP contribution in [0.2, 0.25) is 0 Å². The average molecular weight is 416 g/mol. The monoisotopic (exact) mass is 414 g/mol. The molecule has 0 aliphatic carbocycles. The first-order valence-electron chi connectivity index (χ1n) is 5.90. The molecule has 3 N–H and O–H groups in total. The molecule has 1 rings (SSSR count). The highest BCUT2D eigenvalue weighted by molar-refractivity contribution is 9.10. The molecule has 0 heterocycles. The number of aliphatic hydroxyl groups excluding tert-OH is 1. The van der Waals surface area contributed by atoms with Crippen LogP contribution in [0.4, 0.5) is 0 Å². The number of rotatable bonds is 5. The van der Waals surface area contributed by atoms with E-state index in [1.165, 1.54) is 0 Å². The Morgan fingerprint density at radius 3 is 2.21 bits per heavy atom. The molecule has 7 heteroatoms. The molecular formula is C12H17Br2O4P. The van der Waals surface area contributed by atoms with Crippen molar-refractivity contribution in [2.75, 3.05) is 0 Å². The van der Waals surface area contributed by atoms with E-state index in [2.05, 4.69) is 31.9 Å². The molecule has 0 aromatic heterocycles. The fraction of sp³-hybridized carbons (Fsp3) is 0.500. The topological polar surface area (TPSA) is 77.8 Å². The summed E-state index contributed by atoms with van der Waals surface area (Å²) in [6, 6.07) is 1.67. The van der Waals surface area contributed by atoms with Gasteiger partial charge in [0.2, 0.25) is 0 Å². The summed E-state index contributed by atoms with van der Waals surface area (Å²) >= 11 is 6.80. The van der Waals surface area contributed by atoms with Gasteiger partial charge in [-0.1, -0.05) is 51.8 Å². The number of halogens is 2. The van der Waals surface area contributed by atoms with Gasteiger partial charge in [0.25, 0.3) is 0 Å². The van der Waals surface area contributed by atoms with Gasteiger partial charge in [-0.05, 0) is 29.5 Å². The third-order valence-corrected chi connectivity index (χ3v) is 5.48. The molecule has 1 atom stereocenters. The predicted octanol–water partition coefficient (Wildman–Crippen LogP) is 3.64. The fourth-order valence-corrected chi connectivity index (χ4v) is 4.35. The SMILES string of the molecule is CCc1cc(C(O)P(=O)(O)O)c(Br)c(CC)c1CBr. The van der Waals surface area contributed by atoms with E-state index in [1.54, 1.807) is 6.07 Å². The molecule has 4 nitrogen and oxygen atoms in total. The fourth-order valence-electron chi connectivity index (χ4n) is 2.06. The second-order valence-corrected chi connectivity index (χ2v) is 7.22. The molecule has 0 amide bonds. The van der Waals surface area contributed by atoms with Crippen molar-refractivity contribution < 1.29 is 19.5 Å². The third kappa shape index (κ3) is 3.69. The molecule has 19 heavy (non-hydrogen) atoms. The highest BCUT2D eigenvalue weighted by Gasteiger charge is 2.31. The average Bonchev–Trinajstić information content (AvgIpc) is 2.36. The highest BCUT2D eigenvalue weighted by atomic mass is 79.9. The molecule has 1 aromatic carbocycles. The number of benzene rings is 1. The van der Waals surface area contributed by atoms with E-state index in [4.69, 9.17) is 9.79 Å². The Balaban J connectivity index is 3.55. The van der Waals surface area contributed by atoms with Gasteiger partial charge in [0.15, 0.2) is 5.85 Å². The predicted molar refractivity (Wildman–Crippen MR) is 82.5 cm³/mol. The Kier molecular flexibility index (Phi) is 6.24. The minimum absolute atomic E-state index is 0.256.